The van der Waals surface area contributed by atoms with Crippen molar-refractivity contribution in [2.75, 3.05) is 13.1 Å². The van der Waals surface area contributed by atoms with Crippen molar-refractivity contribution in [1.29, 1.82) is 0 Å². The van der Waals surface area contributed by atoms with Crippen molar-refractivity contribution >= 4 is 0 Å². The second-order valence-corrected chi connectivity index (χ2v) is 3.93. The zero-order chi connectivity index (χ0) is 8.10. The third-order valence-corrected chi connectivity index (χ3v) is 2.78. The summed E-state index contributed by atoms with van der Waals surface area (Å²) in [6.07, 6.45) is 5.83. The highest BCUT2D eigenvalue weighted by Crippen LogP contribution is 2.31. The fourth-order valence-electron chi connectivity index (χ4n) is 2.07. The Labute approximate surface area is 70.6 Å². The molecule has 0 amide bonds. The van der Waals surface area contributed by atoms with Gasteiger partial charge in [-0.1, -0.05) is 26.7 Å². The number of nitrogens with one attached hydrogen (secondary N) is 1. The van der Waals surface area contributed by atoms with Crippen molar-refractivity contribution in [1.82, 2.24) is 5.32 Å². The van der Waals surface area contributed by atoms with Gasteiger partial charge in [0.05, 0.1) is 0 Å². The average molecular weight is 155 g/mol. The van der Waals surface area contributed by atoms with E-state index in [4.69, 9.17) is 0 Å². The maximum atomic E-state index is 3.39. The number of hydrogen-bond acceptors (Lipinski definition) is 1. The second kappa shape index (κ2) is 4.76. The lowest BCUT2D eigenvalue weighted by Gasteiger charge is -2.08. The number of rotatable bonds is 4. The Bertz CT molecular complexity index is 101. The lowest BCUT2D eigenvalue weighted by Crippen LogP contribution is -2.16. The van der Waals surface area contributed by atoms with Crippen LogP contribution in [0.1, 0.15) is 39.5 Å². The first-order valence-electron chi connectivity index (χ1n) is 5.03. The first kappa shape index (κ1) is 9.05. The molecule has 2 unspecified atom stereocenters. The molecule has 1 fully saturated rings. The SMILES string of the molecule is CCNCCC1CCC(C)C1. The lowest BCUT2D eigenvalue weighted by molar-refractivity contribution is 0.464. The van der Waals surface area contributed by atoms with Gasteiger partial charge in [-0.2, -0.15) is 0 Å². The molecular formula is C10H21N. The van der Waals surface area contributed by atoms with Crippen LogP contribution in [-0.4, -0.2) is 13.1 Å². The van der Waals surface area contributed by atoms with Crippen LogP contribution in [0.15, 0.2) is 0 Å². The molecular weight excluding hydrogens is 134 g/mol. The fourth-order valence-corrected chi connectivity index (χ4v) is 2.07. The third-order valence-electron chi connectivity index (χ3n) is 2.78. The van der Waals surface area contributed by atoms with E-state index in [9.17, 15) is 0 Å². The van der Waals surface area contributed by atoms with Crippen molar-refractivity contribution in [2.24, 2.45) is 11.8 Å². The van der Waals surface area contributed by atoms with E-state index >= 15 is 0 Å². The highest BCUT2D eigenvalue weighted by molar-refractivity contribution is 4.72. The molecule has 0 aliphatic heterocycles. The molecule has 11 heavy (non-hydrogen) atoms. The van der Waals surface area contributed by atoms with Crippen LogP contribution in [0, 0.1) is 11.8 Å². The Morgan fingerprint density at radius 1 is 1.36 bits per heavy atom. The van der Waals surface area contributed by atoms with Gasteiger partial charge in [-0.25, -0.2) is 0 Å². The smallest absolute Gasteiger partial charge is 0.00464 e. The second-order valence-electron chi connectivity index (χ2n) is 3.93. The first-order chi connectivity index (χ1) is 5.33. The molecule has 0 spiro atoms. The minimum atomic E-state index is 1.00. The molecule has 0 aromatic rings. The van der Waals surface area contributed by atoms with Gasteiger partial charge in [0.25, 0.3) is 0 Å². The van der Waals surface area contributed by atoms with Gasteiger partial charge in [0, 0.05) is 0 Å². The summed E-state index contributed by atoms with van der Waals surface area (Å²) in [7, 11) is 0. The van der Waals surface area contributed by atoms with Crippen LogP contribution in [0.3, 0.4) is 0 Å². The number of hydrogen-bond donors (Lipinski definition) is 1. The maximum Gasteiger partial charge on any atom is -0.00464 e. The van der Waals surface area contributed by atoms with E-state index in [0.717, 1.165) is 18.4 Å². The van der Waals surface area contributed by atoms with Gasteiger partial charge in [0.15, 0.2) is 0 Å². The molecule has 1 heteroatoms. The average Bonchev–Trinajstić information content (AvgIpc) is 2.37. The van der Waals surface area contributed by atoms with Crippen LogP contribution < -0.4 is 5.32 Å². The fraction of sp³-hybridized carbons (Fsp3) is 1.00. The third kappa shape index (κ3) is 3.24. The van der Waals surface area contributed by atoms with Crippen LogP contribution in [0.25, 0.3) is 0 Å². The summed E-state index contributed by atoms with van der Waals surface area (Å²) in [5, 5.41) is 3.39. The molecule has 1 saturated carbocycles. The minimum Gasteiger partial charge on any atom is -0.317 e. The largest absolute Gasteiger partial charge is 0.317 e. The highest BCUT2D eigenvalue weighted by Gasteiger charge is 2.20. The molecule has 1 N–H and O–H groups in total. The summed E-state index contributed by atoms with van der Waals surface area (Å²) < 4.78 is 0. The Hall–Kier alpha value is -0.0400. The van der Waals surface area contributed by atoms with Crippen molar-refractivity contribution in [3.63, 3.8) is 0 Å². The van der Waals surface area contributed by atoms with Crippen molar-refractivity contribution in [3.8, 4) is 0 Å². The van der Waals surface area contributed by atoms with Crippen LogP contribution in [0.4, 0.5) is 0 Å². The Morgan fingerprint density at radius 2 is 2.18 bits per heavy atom. The monoisotopic (exact) mass is 155 g/mol. The molecule has 0 radical (unpaired) electrons. The van der Waals surface area contributed by atoms with Gasteiger partial charge >= 0.3 is 0 Å². The maximum absolute atomic E-state index is 3.39. The van der Waals surface area contributed by atoms with Crippen LogP contribution in [-0.2, 0) is 0 Å². The van der Waals surface area contributed by atoms with Gasteiger partial charge in [-0.3, -0.25) is 0 Å². The normalized spacial score (nSPS) is 31.1. The molecule has 1 rings (SSSR count). The van der Waals surface area contributed by atoms with Gasteiger partial charge < -0.3 is 5.32 Å². The minimum absolute atomic E-state index is 1.00. The van der Waals surface area contributed by atoms with E-state index < -0.39 is 0 Å². The van der Waals surface area contributed by atoms with Crippen LogP contribution in [0.2, 0.25) is 0 Å². The van der Waals surface area contributed by atoms with E-state index in [0.29, 0.717) is 0 Å². The predicted molar refractivity (Wildman–Crippen MR) is 49.7 cm³/mol. The van der Waals surface area contributed by atoms with Crippen LogP contribution >= 0.6 is 0 Å². The molecule has 2 atom stereocenters. The summed E-state index contributed by atoms with van der Waals surface area (Å²) >= 11 is 0. The molecule has 0 aromatic carbocycles. The molecule has 0 aromatic heterocycles. The lowest BCUT2D eigenvalue weighted by atomic mass is 10.0. The van der Waals surface area contributed by atoms with Crippen molar-refractivity contribution < 1.29 is 0 Å². The molecule has 1 nitrogen and oxygen atoms in total. The van der Waals surface area contributed by atoms with Crippen LogP contribution in [0.5, 0.6) is 0 Å². The van der Waals surface area contributed by atoms with Gasteiger partial charge in [0.2, 0.25) is 0 Å². The van der Waals surface area contributed by atoms with E-state index in [-0.39, 0.29) is 0 Å². The molecule has 0 saturated heterocycles. The van der Waals surface area contributed by atoms with Crippen molar-refractivity contribution in [2.45, 2.75) is 39.5 Å². The van der Waals surface area contributed by atoms with E-state index in [1.165, 1.54) is 32.2 Å². The standard InChI is InChI=1S/C10H21N/c1-3-11-7-6-10-5-4-9(2)8-10/h9-11H,3-8H2,1-2H3. The zero-order valence-corrected chi connectivity index (χ0v) is 7.90. The predicted octanol–water partition coefficient (Wildman–Crippen LogP) is 2.42. The van der Waals surface area contributed by atoms with E-state index in [1.54, 1.807) is 0 Å². The topological polar surface area (TPSA) is 12.0 Å². The summed E-state index contributed by atoms with van der Waals surface area (Å²) in [6.45, 7) is 6.92. The van der Waals surface area contributed by atoms with E-state index in [2.05, 4.69) is 19.2 Å². The Balaban J connectivity index is 1.99. The molecule has 1 aliphatic rings. The van der Waals surface area contributed by atoms with Crippen molar-refractivity contribution in [3.05, 3.63) is 0 Å². The summed E-state index contributed by atoms with van der Waals surface area (Å²) in [5.41, 5.74) is 0. The van der Waals surface area contributed by atoms with Gasteiger partial charge in [-0.15, -0.1) is 0 Å². The van der Waals surface area contributed by atoms with E-state index in [1.807, 2.05) is 0 Å². The Kier molecular flexibility index (Phi) is 3.92. The molecule has 0 heterocycles. The first-order valence-corrected chi connectivity index (χ1v) is 5.03. The van der Waals surface area contributed by atoms with Gasteiger partial charge in [0.1, 0.15) is 0 Å². The van der Waals surface area contributed by atoms with Gasteiger partial charge in [-0.05, 0) is 37.8 Å². The quantitative estimate of drug-likeness (QED) is 0.615. The summed E-state index contributed by atoms with van der Waals surface area (Å²) in [4.78, 5) is 0. The molecule has 66 valence electrons. The Morgan fingerprint density at radius 3 is 2.73 bits per heavy atom. The highest BCUT2D eigenvalue weighted by atomic mass is 14.8. The zero-order valence-electron chi connectivity index (χ0n) is 7.90. The summed E-state index contributed by atoms with van der Waals surface area (Å²) in [5.74, 6) is 2.03. The summed E-state index contributed by atoms with van der Waals surface area (Å²) in [6, 6.07) is 0. The molecule has 0 bridgehead atoms. The molecule has 1 aliphatic carbocycles.